The number of urea groups is 1. The number of nitrogens with zero attached hydrogens (tertiary/aromatic N) is 1. The lowest BCUT2D eigenvalue weighted by atomic mass is 9.85. The van der Waals surface area contributed by atoms with Crippen molar-refractivity contribution in [2.45, 2.75) is 62.3 Å². The molecule has 6 heteroatoms. The van der Waals surface area contributed by atoms with Gasteiger partial charge in [0.05, 0.1) is 0 Å². The highest BCUT2D eigenvalue weighted by Crippen LogP contribution is 2.39. The maximum absolute atomic E-state index is 12.5. The third kappa shape index (κ3) is 3.15. The second kappa shape index (κ2) is 6.46. The van der Waals surface area contributed by atoms with Crippen molar-refractivity contribution in [2.75, 3.05) is 12.3 Å². The third-order valence-electron chi connectivity index (χ3n) is 5.11. The monoisotopic (exact) mass is 312 g/mol. The summed E-state index contributed by atoms with van der Waals surface area (Å²) < 4.78 is 0. The average Bonchev–Trinajstić information content (AvgIpc) is 3.11. The van der Waals surface area contributed by atoms with Gasteiger partial charge in [0.2, 0.25) is 0 Å². The summed E-state index contributed by atoms with van der Waals surface area (Å²) in [7, 11) is 0. The average molecular weight is 312 g/mol. The predicted molar refractivity (Wildman–Crippen MR) is 82.5 cm³/mol. The van der Waals surface area contributed by atoms with Crippen LogP contribution >= 0.6 is 11.8 Å². The van der Waals surface area contributed by atoms with E-state index in [1.807, 2.05) is 11.8 Å². The zero-order valence-corrected chi connectivity index (χ0v) is 13.1. The quantitative estimate of drug-likeness (QED) is 0.839. The van der Waals surface area contributed by atoms with Gasteiger partial charge < -0.3 is 15.3 Å². The van der Waals surface area contributed by atoms with E-state index in [9.17, 15) is 14.7 Å². The van der Waals surface area contributed by atoms with Gasteiger partial charge in [0.1, 0.15) is 6.04 Å². The van der Waals surface area contributed by atoms with E-state index in [0.29, 0.717) is 24.1 Å². The first-order chi connectivity index (χ1) is 10.2. The molecule has 3 rings (SSSR count). The molecule has 0 aromatic rings. The number of hydrogen-bond acceptors (Lipinski definition) is 3. The second-order valence-electron chi connectivity index (χ2n) is 6.43. The fraction of sp³-hybridized carbons (Fsp3) is 0.867. The van der Waals surface area contributed by atoms with E-state index in [2.05, 4.69) is 5.32 Å². The summed E-state index contributed by atoms with van der Waals surface area (Å²) in [6.07, 6.45) is 7.30. The van der Waals surface area contributed by atoms with Crippen LogP contribution in [-0.4, -0.2) is 51.6 Å². The number of carboxylic acids is 1. The van der Waals surface area contributed by atoms with Crippen LogP contribution in [0.3, 0.4) is 0 Å². The molecule has 0 radical (unpaired) electrons. The molecule has 0 aromatic heterocycles. The van der Waals surface area contributed by atoms with Crippen LogP contribution in [0.25, 0.3) is 0 Å². The predicted octanol–water partition coefficient (Wildman–Crippen LogP) is 2.31. The second-order valence-corrected chi connectivity index (χ2v) is 7.84. The van der Waals surface area contributed by atoms with Crippen LogP contribution in [0.2, 0.25) is 0 Å². The van der Waals surface area contributed by atoms with Crippen LogP contribution in [0.5, 0.6) is 0 Å². The van der Waals surface area contributed by atoms with E-state index in [1.54, 1.807) is 4.90 Å². The number of hydrogen-bond donors (Lipinski definition) is 2. The number of carboxylic acid groups (broad SMARTS) is 1. The molecular formula is C15H24N2O3S. The van der Waals surface area contributed by atoms with Gasteiger partial charge in [0.15, 0.2) is 0 Å². The number of likely N-dealkylation sites (tertiary alicyclic amines) is 1. The minimum absolute atomic E-state index is 0.135. The molecule has 3 fully saturated rings. The fourth-order valence-corrected chi connectivity index (χ4v) is 5.27. The van der Waals surface area contributed by atoms with Crippen LogP contribution in [0.4, 0.5) is 4.79 Å². The van der Waals surface area contributed by atoms with Crippen molar-refractivity contribution in [3.63, 3.8) is 0 Å². The highest BCUT2D eigenvalue weighted by molar-refractivity contribution is 8.00. The van der Waals surface area contributed by atoms with Crippen LogP contribution < -0.4 is 5.32 Å². The van der Waals surface area contributed by atoms with Crippen LogP contribution in [0.1, 0.15) is 44.9 Å². The molecule has 2 amide bonds. The molecule has 2 aliphatic heterocycles. The number of thioether (sulfide) groups is 1. The lowest BCUT2D eigenvalue weighted by molar-refractivity contribution is -0.141. The Kier molecular flexibility index (Phi) is 4.62. The first kappa shape index (κ1) is 15.0. The Morgan fingerprint density at radius 1 is 1.19 bits per heavy atom. The van der Waals surface area contributed by atoms with Crippen molar-refractivity contribution in [2.24, 2.45) is 5.92 Å². The number of amides is 2. The number of rotatable bonds is 3. The summed E-state index contributed by atoms with van der Waals surface area (Å²) in [5.41, 5.74) is 0. The molecule has 4 atom stereocenters. The minimum Gasteiger partial charge on any atom is -0.480 e. The number of fused-ring (bicyclic) bond motifs is 1. The van der Waals surface area contributed by atoms with E-state index in [4.69, 9.17) is 0 Å². The third-order valence-corrected chi connectivity index (χ3v) is 6.51. The largest absolute Gasteiger partial charge is 0.480 e. The van der Waals surface area contributed by atoms with E-state index >= 15 is 0 Å². The Morgan fingerprint density at radius 3 is 2.71 bits per heavy atom. The molecule has 118 valence electrons. The molecule has 2 saturated heterocycles. The number of nitrogens with one attached hydrogen (secondary N) is 1. The smallest absolute Gasteiger partial charge is 0.326 e. The Labute approximate surface area is 129 Å². The van der Waals surface area contributed by atoms with E-state index in [0.717, 1.165) is 25.7 Å². The maximum Gasteiger partial charge on any atom is 0.326 e. The molecule has 21 heavy (non-hydrogen) atoms. The molecule has 0 spiro atoms. The van der Waals surface area contributed by atoms with Gasteiger partial charge in [0, 0.05) is 17.8 Å². The first-order valence-electron chi connectivity index (χ1n) is 8.07. The molecule has 2 N–H and O–H groups in total. The standard InChI is InChI=1S/C15H24N2O3S/c18-14(19)13-8-10-4-1-2-6-12(10)17(13)15(20)16-9-11-5-3-7-21-11/h10-13H,1-9H2,(H,16,20)(H,18,19). The topological polar surface area (TPSA) is 69.6 Å². The number of carbonyl (C=O) groups is 2. The highest BCUT2D eigenvalue weighted by atomic mass is 32.2. The van der Waals surface area contributed by atoms with Crippen molar-refractivity contribution in [1.29, 1.82) is 0 Å². The molecule has 2 heterocycles. The van der Waals surface area contributed by atoms with E-state index in [1.165, 1.54) is 18.6 Å². The van der Waals surface area contributed by atoms with Crippen molar-refractivity contribution in [3.8, 4) is 0 Å². The Morgan fingerprint density at radius 2 is 2.00 bits per heavy atom. The summed E-state index contributed by atoms with van der Waals surface area (Å²) in [6, 6.07) is -0.658. The van der Waals surface area contributed by atoms with Gasteiger partial charge in [-0.15, -0.1) is 0 Å². The fourth-order valence-electron chi connectivity index (χ4n) is 4.07. The molecular weight excluding hydrogens is 288 g/mol. The first-order valence-corrected chi connectivity index (χ1v) is 9.12. The van der Waals surface area contributed by atoms with E-state index in [-0.39, 0.29) is 12.1 Å². The minimum atomic E-state index is -0.852. The molecule has 0 aromatic carbocycles. The Hall–Kier alpha value is -0.910. The Bertz CT molecular complexity index is 412. The van der Waals surface area contributed by atoms with Gasteiger partial charge in [0.25, 0.3) is 0 Å². The van der Waals surface area contributed by atoms with Gasteiger partial charge in [-0.05, 0) is 43.8 Å². The SMILES string of the molecule is O=C(O)C1CC2CCCCC2N1C(=O)NCC1CCCS1. The normalized spacial score (nSPS) is 35.5. The number of carbonyl (C=O) groups excluding carboxylic acids is 1. The van der Waals surface area contributed by atoms with E-state index < -0.39 is 12.0 Å². The molecule has 5 nitrogen and oxygen atoms in total. The van der Waals surface area contributed by atoms with Gasteiger partial charge in [-0.1, -0.05) is 12.8 Å². The zero-order chi connectivity index (χ0) is 14.8. The molecule has 3 aliphatic rings. The molecule has 1 saturated carbocycles. The number of aliphatic carboxylic acids is 1. The molecule has 1 aliphatic carbocycles. The molecule has 4 unspecified atom stereocenters. The highest BCUT2D eigenvalue weighted by Gasteiger charge is 2.47. The van der Waals surface area contributed by atoms with Gasteiger partial charge in [-0.2, -0.15) is 11.8 Å². The van der Waals surface area contributed by atoms with Crippen molar-refractivity contribution >= 4 is 23.8 Å². The van der Waals surface area contributed by atoms with Crippen LogP contribution in [-0.2, 0) is 4.79 Å². The van der Waals surface area contributed by atoms with Crippen molar-refractivity contribution < 1.29 is 14.7 Å². The molecule has 0 bridgehead atoms. The van der Waals surface area contributed by atoms with Crippen molar-refractivity contribution in [3.05, 3.63) is 0 Å². The Balaban J connectivity index is 1.64. The lowest BCUT2D eigenvalue weighted by Gasteiger charge is -2.33. The van der Waals surface area contributed by atoms with Crippen LogP contribution in [0, 0.1) is 5.92 Å². The van der Waals surface area contributed by atoms with Gasteiger partial charge in [-0.3, -0.25) is 0 Å². The summed E-state index contributed by atoms with van der Waals surface area (Å²) in [4.78, 5) is 25.7. The summed E-state index contributed by atoms with van der Waals surface area (Å²) >= 11 is 1.91. The van der Waals surface area contributed by atoms with Gasteiger partial charge in [-0.25, -0.2) is 9.59 Å². The van der Waals surface area contributed by atoms with Crippen LogP contribution in [0.15, 0.2) is 0 Å². The zero-order valence-electron chi connectivity index (χ0n) is 12.3. The maximum atomic E-state index is 12.5. The van der Waals surface area contributed by atoms with Gasteiger partial charge >= 0.3 is 12.0 Å². The summed E-state index contributed by atoms with van der Waals surface area (Å²) in [5.74, 6) is 0.702. The van der Waals surface area contributed by atoms with Crippen molar-refractivity contribution in [1.82, 2.24) is 10.2 Å². The lowest BCUT2D eigenvalue weighted by Crippen LogP contribution is -2.51. The summed E-state index contributed by atoms with van der Waals surface area (Å²) in [5, 5.41) is 12.9. The summed E-state index contributed by atoms with van der Waals surface area (Å²) in [6.45, 7) is 0.670.